The molecule has 0 fully saturated rings. The van der Waals surface area contributed by atoms with E-state index in [1.807, 2.05) is 60.7 Å². The summed E-state index contributed by atoms with van der Waals surface area (Å²) in [5.74, 6) is -0.227. The highest BCUT2D eigenvalue weighted by molar-refractivity contribution is 5.92. The van der Waals surface area contributed by atoms with E-state index in [1.54, 1.807) is 50.2 Å². The minimum atomic E-state index is -0.488. The van der Waals surface area contributed by atoms with Crippen LogP contribution in [0, 0.1) is 0 Å². The molecule has 208 valence electrons. The van der Waals surface area contributed by atoms with Crippen molar-refractivity contribution in [1.82, 2.24) is 0 Å². The van der Waals surface area contributed by atoms with Crippen LogP contribution < -0.4 is 9.47 Å². The Bertz CT molecular complexity index is 1490. The fraction of sp³-hybridized carbons (Fsp3) is 0.147. The second kappa shape index (κ2) is 13.8. The van der Waals surface area contributed by atoms with Gasteiger partial charge in [-0.1, -0.05) is 55.1 Å². The van der Waals surface area contributed by atoms with Gasteiger partial charge in [-0.2, -0.15) is 0 Å². The lowest BCUT2D eigenvalue weighted by molar-refractivity contribution is -0.143. The standard InChI is InChI=1S/C34H30O7/c1-4-32(35)40-23(3)22-39-30-18-14-26(15-19-30)25-8-12-29(13-9-25)34(37)41-31-20-16-27(17-21-31)24-6-10-28(11-7-24)33(36)38-5-2/h4,6-21,23H,1,5,22H2,2-3H3. The summed E-state index contributed by atoms with van der Waals surface area (Å²) >= 11 is 0. The van der Waals surface area contributed by atoms with Gasteiger partial charge in [-0.15, -0.1) is 0 Å². The maximum atomic E-state index is 12.7. The summed E-state index contributed by atoms with van der Waals surface area (Å²) in [5.41, 5.74) is 4.65. The van der Waals surface area contributed by atoms with Gasteiger partial charge in [0, 0.05) is 6.08 Å². The Labute approximate surface area is 239 Å². The highest BCUT2D eigenvalue weighted by Gasteiger charge is 2.11. The molecule has 1 unspecified atom stereocenters. The first-order valence-corrected chi connectivity index (χ1v) is 13.1. The molecule has 4 aromatic carbocycles. The largest absolute Gasteiger partial charge is 0.490 e. The second-order valence-corrected chi connectivity index (χ2v) is 9.08. The number of hydrogen-bond acceptors (Lipinski definition) is 7. The van der Waals surface area contributed by atoms with Crippen LogP contribution in [0.4, 0.5) is 0 Å². The van der Waals surface area contributed by atoms with Gasteiger partial charge in [0.25, 0.3) is 0 Å². The summed E-state index contributed by atoms with van der Waals surface area (Å²) in [4.78, 5) is 35.8. The van der Waals surface area contributed by atoms with Gasteiger partial charge in [0.15, 0.2) is 0 Å². The quantitative estimate of drug-likeness (QED) is 0.114. The SMILES string of the molecule is C=CC(=O)OC(C)COc1ccc(-c2ccc(C(=O)Oc3ccc(-c4ccc(C(=O)OCC)cc4)cc3)cc2)cc1. The van der Waals surface area contributed by atoms with Gasteiger partial charge in [0.2, 0.25) is 0 Å². The van der Waals surface area contributed by atoms with Crippen LogP contribution in [0.1, 0.15) is 34.6 Å². The van der Waals surface area contributed by atoms with Gasteiger partial charge >= 0.3 is 17.9 Å². The van der Waals surface area contributed by atoms with E-state index in [2.05, 4.69) is 6.58 Å². The van der Waals surface area contributed by atoms with Crippen molar-refractivity contribution in [3.63, 3.8) is 0 Å². The molecule has 0 amide bonds. The van der Waals surface area contributed by atoms with E-state index in [0.717, 1.165) is 28.3 Å². The molecule has 1 atom stereocenters. The van der Waals surface area contributed by atoms with Gasteiger partial charge in [0.05, 0.1) is 17.7 Å². The molecule has 0 radical (unpaired) electrons. The summed E-state index contributed by atoms with van der Waals surface area (Å²) in [6.07, 6.45) is 0.716. The molecule has 7 heteroatoms. The summed E-state index contributed by atoms with van der Waals surface area (Å²) in [6.45, 7) is 7.44. The van der Waals surface area contributed by atoms with Crippen molar-refractivity contribution >= 4 is 17.9 Å². The zero-order chi connectivity index (χ0) is 29.2. The smallest absolute Gasteiger partial charge is 0.343 e. The molecule has 41 heavy (non-hydrogen) atoms. The van der Waals surface area contributed by atoms with Crippen LogP contribution in [0.15, 0.2) is 110 Å². The van der Waals surface area contributed by atoms with Crippen LogP contribution >= 0.6 is 0 Å². The molecule has 4 aromatic rings. The lowest BCUT2D eigenvalue weighted by atomic mass is 10.0. The Hall–Kier alpha value is -5.17. The van der Waals surface area contributed by atoms with Crippen molar-refractivity contribution in [2.45, 2.75) is 20.0 Å². The fourth-order valence-corrected chi connectivity index (χ4v) is 3.93. The van der Waals surface area contributed by atoms with Gasteiger partial charge < -0.3 is 18.9 Å². The number of esters is 3. The maximum absolute atomic E-state index is 12.7. The molecule has 0 bridgehead atoms. The number of carbonyl (C=O) groups excluding carboxylic acids is 3. The Morgan fingerprint density at radius 3 is 1.59 bits per heavy atom. The summed E-state index contributed by atoms with van der Waals surface area (Å²) in [6, 6.07) is 28.9. The van der Waals surface area contributed by atoms with E-state index in [-0.39, 0.29) is 12.6 Å². The average molecular weight is 551 g/mol. The first-order valence-electron chi connectivity index (χ1n) is 13.1. The minimum Gasteiger partial charge on any atom is -0.490 e. The topological polar surface area (TPSA) is 88.1 Å². The molecule has 0 saturated heterocycles. The third-order valence-electron chi connectivity index (χ3n) is 6.07. The van der Waals surface area contributed by atoms with Gasteiger partial charge in [0.1, 0.15) is 24.2 Å². The van der Waals surface area contributed by atoms with Crippen LogP contribution in [0.5, 0.6) is 11.5 Å². The molecule has 0 spiro atoms. The van der Waals surface area contributed by atoms with E-state index in [0.29, 0.717) is 29.2 Å². The minimum absolute atomic E-state index is 0.225. The molecule has 7 nitrogen and oxygen atoms in total. The van der Waals surface area contributed by atoms with Crippen molar-refractivity contribution in [3.8, 4) is 33.8 Å². The van der Waals surface area contributed by atoms with E-state index in [4.69, 9.17) is 18.9 Å². The molecule has 0 saturated carbocycles. The first kappa shape index (κ1) is 28.8. The second-order valence-electron chi connectivity index (χ2n) is 9.08. The lowest BCUT2D eigenvalue weighted by Crippen LogP contribution is -2.20. The van der Waals surface area contributed by atoms with E-state index >= 15 is 0 Å². The Kier molecular flexibility index (Phi) is 9.67. The molecule has 0 N–H and O–H groups in total. The number of benzene rings is 4. The number of hydrogen-bond donors (Lipinski definition) is 0. The van der Waals surface area contributed by atoms with Crippen molar-refractivity contribution in [2.75, 3.05) is 13.2 Å². The Balaban J connectivity index is 1.32. The molecule has 0 aromatic heterocycles. The predicted molar refractivity (Wildman–Crippen MR) is 156 cm³/mol. The number of rotatable bonds is 11. The molecule has 0 aliphatic rings. The summed E-state index contributed by atoms with van der Waals surface area (Å²) < 4.78 is 21.3. The van der Waals surface area contributed by atoms with Crippen LogP contribution in [-0.2, 0) is 14.3 Å². The summed E-state index contributed by atoms with van der Waals surface area (Å²) in [7, 11) is 0. The van der Waals surface area contributed by atoms with Crippen LogP contribution in [0.25, 0.3) is 22.3 Å². The van der Waals surface area contributed by atoms with Crippen molar-refractivity contribution < 1.29 is 33.3 Å². The normalized spacial score (nSPS) is 11.2. The van der Waals surface area contributed by atoms with E-state index in [1.165, 1.54) is 0 Å². The monoisotopic (exact) mass is 550 g/mol. The number of carbonyl (C=O) groups is 3. The number of ether oxygens (including phenoxy) is 4. The average Bonchev–Trinajstić information content (AvgIpc) is 3.01. The van der Waals surface area contributed by atoms with Gasteiger partial charge in [-0.25, -0.2) is 14.4 Å². The first-order chi connectivity index (χ1) is 19.9. The lowest BCUT2D eigenvalue weighted by Gasteiger charge is -2.13. The molecule has 0 heterocycles. The third kappa shape index (κ3) is 7.92. The van der Waals surface area contributed by atoms with E-state index in [9.17, 15) is 14.4 Å². The molecule has 4 rings (SSSR count). The van der Waals surface area contributed by atoms with Crippen LogP contribution in [0.3, 0.4) is 0 Å². The Morgan fingerprint density at radius 2 is 1.12 bits per heavy atom. The van der Waals surface area contributed by atoms with Crippen molar-refractivity contribution in [1.29, 1.82) is 0 Å². The maximum Gasteiger partial charge on any atom is 0.343 e. The van der Waals surface area contributed by atoms with Gasteiger partial charge in [-0.3, -0.25) is 0 Å². The molecule has 0 aliphatic carbocycles. The zero-order valence-electron chi connectivity index (χ0n) is 22.9. The fourth-order valence-electron chi connectivity index (χ4n) is 3.93. The zero-order valence-corrected chi connectivity index (χ0v) is 22.9. The van der Waals surface area contributed by atoms with Crippen LogP contribution in [-0.4, -0.2) is 37.2 Å². The highest BCUT2D eigenvalue weighted by atomic mass is 16.6. The molecule has 0 aliphatic heterocycles. The predicted octanol–water partition coefficient (Wildman–Crippen LogP) is 6.91. The van der Waals surface area contributed by atoms with Crippen LogP contribution in [0.2, 0.25) is 0 Å². The van der Waals surface area contributed by atoms with Crippen molar-refractivity contribution in [2.24, 2.45) is 0 Å². The van der Waals surface area contributed by atoms with Gasteiger partial charge in [-0.05, 0) is 84.6 Å². The molecular formula is C34H30O7. The van der Waals surface area contributed by atoms with Crippen molar-refractivity contribution in [3.05, 3.63) is 121 Å². The third-order valence-corrected chi connectivity index (χ3v) is 6.07. The summed E-state index contributed by atoms with van der Waals surface area (Å²) in [5, 5.41) is 0. The van der Waals surface area contributed by atoms with E-state index < -0.39 is 18.0 Å². The molecular weight excluding hydrogens is 520 g/mol. The Morgan fingerprint density at radius 1 is 0.683 bits per heavy atom. The highest BCUT2D eigenvalue weighted by Crippen LogP contribution is 2.25.